The van der Waals surface area contributed by atoms with E-state index in [-0.39, 0.29) is 17.9 Å². The maximum atomic E-state index is 10.9. The summed E-state index contributed by atoms with van der Waals surface area (Å²) in [5.41, 5.74) is -0.200. The summed E-state index contributed by atoms with van der Waals surface area (Å²) in [6.45, 7) is 0.547. The van der Waals surface area contributed by atoms with Crippen molar-refractivity contribution in [2.45, 2.75) is 0 Å². The van der Waals surface area contributed by atoms with Crippen LogP contribution in [0.2, 0.25) is 0 Å². The number of aromatic hydroxyl groups is 1. The molecule has 2 aromatic carbocycles. The second-order valence-corrected chi connectivity index (χ2v) is 4.36. The Kier molecular flexibility index (Phi) is 5.08. The zero-order valence-electron chi connectivity index (χ0n) is 12.0. The van der Waals surface area contributed by atoms with E-state index in [1.165, 1.54) is 18.2 Å². The van der Waals surface area contributed by atoms with Crippen molar-refractivity contribution in [1.82, 2.24) is 0 Å². The van der Waals surface area contributed by atoms with Crippen molar-refractivity contribution in [2.75, 3.05) is 20.3 Å². The summed E-state index contributed by atoms with van der Waals surface area (Å²) in [4.78, 5) is 10.9. The summed E-state index contributed by atoms with van der Waals surface area (Å²) in [7, 11) is 1.59. The molecule has 0 aromatic heterocycles. The molecule has 0 fully saturated rings. The fraction of sp³-hybridized carbons (Fsp3) is 0.188. The molecule has 0 aliphatic rings. The molecule has 0 spiro atoms. The van der Waals surface area contributed by atoms with Crippen LogP contribution in [-0.4, -0.2) is 36.5 Å². The molecule has 6 nitrogen and oxygen atoms in total. The van der Waals surface area contributed by atoms with Gasteiger partial charge >= 0.3 is 5.97 Å². The average molecular weight is 304 g/mol. The highest BCUT2D eigenvalue weighted by Crippen LogP contribution is 2.23. The third-order valence-electron chi connectivity index (χ3n) is 2.88. The third-order valence-corrected chi connectivity index (χ3v) is 2.88. The third kappa shape index (κ3) is 4.05. The SMILES string of the molecule is COc1ccc(OCCOc2ccc(O)c(C(=O)O)c2)cc1. The summed E-state index contributed by atoms with van der Waals surface area (Å²) < 4.78 is 15.9. The zero-order chi connectivity index (χ0) is 15.9. The Morgan fingerprint density at radius 2 is 1.50 bits per heavy atom. The number of methoxy groups -OCH3 is 1. The summed E-state index contributed by atoms with van der Waals surface area (Å²) in [6, 6.07) is 11.2. The van der Waals surface area contributed by atoms with E-state index in [0.29, 0.717) is 18.1 Å². The number of carboxylic acids is 1. The molecule has 0 radical (unpaired) electrons. The van der Waals surface area contributed by atoms with Crippen LogP contribution in [0.5, 0.6) is 23.0 Å². The standard InChI is InChI=1S/C16H16O6/c1-20-11-2-4-12(5-3-11)21-8-9-22-13-6-7-15(17)14(10-13)16(18)19/h2-7,10,17H,8-9H2,1H3,(H,18,19). The fourth-order valence-corrected chi connectivity index (χ4v) is 1.77. The lowest BCUT2D eigenvalue weighted by molar-refractivity contribution is 0.0693. The molecule has 2 rings (SSSR count). The second kappa shape index (κ2) is 7.21. The number of rotatable bonds is 7. The van der Waals surface area contributed by atoms with Gasteiger partial charge in [-0.2, -0.15) is 0 Å². The summed E-state index contributed by atoms with van der Waals surface area (Å²) in [5, 5.41) is 18.3. The van der Waals surface area contributed by atoms with Crippen molar-refractivity contribution in [1.29, 1.82) is 0 Å². The van der Waals surface area contributed by atoms with Gasteiger partial charge in [-0.25, -0.2) is 4.79 Å². The lowest BCUT2D eigenvalue weighted by Gasteiger charge is -2.09. The van der Waals surface area contributed by atoms with Gasteiger partial charge < -0.3 is 24.4 Å². The summed E-state index contributed by atoms with van der Waals surface area (Å²) in [5.74, 6) is 0.274. The molecule has 0 amide bonds. The molecule has 6 heteroatoms. The lowest BCUT2D eigenvalue weighted by Crippen LogP contribution is -2.09. The highest BCUT2D eigenvalue weighted by atomic mass is 16.5. The van der Waals surface area contributed by atoms with E-state index in [1.807, 2.05) is 0 Å². The second-order valence-electron chi connectivity index (χ2n) is 4.36. The molecule has 2 aromatic rings. The highest BCUT2D eigenvalue weighted by Gasteiger charge is 2.10. The quantitative estimate of drug-likeness (QED) is 0.765. The van der Waals surface area contributed by atoms with Crippen LogP contribution in [-0.2, 0) is 0 Å². The number of carbonyl (C=O) groups is 1. The molecule has 0 heterocycles. The van der Waals surface area contributed by atoms with E-state index in [4.69, 9.17) is 19.3 Å². The molecule has 0 saturated heterocycles. The number of benzene rings is 2. The maximum absolute atomic E-state index is 10.9. The molecule has 0 aliphatic carbocycles. The smallest absolute Gasteiger partial charge is 0.339 e. The Balaban J connectivity index is 1.83. The zero-order valence-corrected chi connectivity index (χ0v) is 12.0. The molecule has 0 saturated carbocycles. The van der Waals surface area contributed by atoms with Gasteiger partial charge in [0, 0.05) is 0 Å². The first-order valence-corrected chi connectivity index (χ1v) is 6.56. The van der Waals surface area contributed by atoms with Gasteiger partial charge in [0.05, 0.1) is 7.11 Å². The van der Waals surface area contributed by atoms with Crippen molar-refractivity contribution in [2.24, 2.45) is 0 Å². The Bertz CT molecular complexity index is 636. The Morgan fingerprint density at radius 1 is 0.955 bits per heavy atom. The van der Waals surface area contributed by atoms with Gasteiger partial charge in [0.25, 0.3) is 0 Å². The summed E-state index contributed by atoms with van der Waals surface area (Å²) in [6.07, 6.45) is 0. The topological polar surface area (TPSA) is 85.2 Å². The molecule has 0 aliphatic heterocycles. The van der Waals surface area contributed by atoms with Gasteiger partial charge in [0.1, 0.15) is 41.8 Å². The van der Waals surface area contributed by atoms with Gasteiger partial charge in [0.2, 0.25) is 0 Å². The normalized spacial score (nSPS) is 10.0. The van der Waals surface area contributed by atoms with Crippen LogP contribution < -0.4 is 14.2 Å². The Hall–Kier alpha value is -2.89. The average Bonchev–Trinajstić information content (AvgIpc) is 2.53. The van der Waals surface area contributed by atoms with Gasteiger partial charge in [-0.3, -0.25) is 0 Å². The van der Waals surface area contributed by atoms with Crippen LogP contribution in [0.25, 0.3) is 0 Å². The number of phenols is 1. The highest BCUT2D eigenvalue weighted by molar-refractivity contribution is 5.91. The van der Waals surface area contributed by atoms with E-state index in [1.54, 1.807) is 31.4 Å². The molecule has 0 atom stereocenters. The molecular weight excluding hydrogens is 288 g/mol. The van der Waals surface area contributed by atoms with Crippen molar-refractivity contribution >= 4 is 5.97 Å². The molecule has 0 bridgehead atoms. The first-order chi connectivity index (χ1) is 10.6. The van der Waals surface area contributed by atoms with Crippen molar-refractivity contribution in [3.63, 3.8) is 0 Å². The van der Waals surface area contributed by atoms with Crippen LogP contribution in [0.4, 0.5) is 0 Å². The van der Waals surface area contributed by atoms with Crippen molar-refractivity contribution in [3.8, 4) is 23.0 Å². The van der Waals surface area contributed by atoms with Crippen molar-refractivity contribution < 1.29 is 29.2 Å². The van der Waals surface area contributed by atoms with E-state index >= 15 is 0 Å². The molecular formula is C16H16O6. The first kappa shape index (κ1) is 15.5. The molecule has 22 heavy (non-hydrogen) atoms. The minimum absolute atomic E-state index is 0.200. The van der Waals surface area contributed by atoms with Crippen LogP contribution in [0.15, 0.2) is 42.5 Å². The molecule has 2 N–H and O–H groups in total. The largest absolute Gasteiger partial charge is 0.507 e. The van der Waals surface area contributed by atoms with Crippen molar-refractivity contribution in [3.05, 3.63) is 48.0 Å². The monoisotopic (exact) mass is 304 g/mol. The summed E-state index contributed by atoms with van der Waals surface area (Å²) >= 11 is 0. The number of carboxylic acid groups (broad SMARTS) is 1. The van der Waals surface area contributed by atoms with E-state index in [9.17, 15) is 9.90 Å². The van der Waals surface area contributed by atoms with Gasteiger partial charge in [-0.05, 0) is 42.5 Å². The predicted octanol–water partition coefficient (Wildman–Crippen LogP) is 2.56. The minimum Gasteiger partial charge on any atom is -0.507 e. The van der Waals surface area contributed by atoms with Crippen LogP contribution in [0, 0.1) is 0 Å². The Morgan fingerprint density at radius 3 is 2.09 bits per heavy atom. The van der Waals surface area contributed by atoms with Gasteiger partial charge in [-0.15, -0.1) is 0 Å². The van der Waals surface area contributed by atoms with E-state index in [2.05, 4.69) is 0 Å². The molecule has 116 valence electrons. The predicted molar refractivity (Wildman–Crippen MR) is 79.1 cm³/mol. The maximum Gasteiger partial charge on any atom is 0.339 e. The van der Waals surface area contributed by atoms with Gasteiger partial charge in [0.15, 0.2) is 0 Å². The first-order valence-electron chi connectivity index (χ1n) is 6.56. The van der Waals surface area contributed by atoms with Crippen LogP contribution in [0.1, 0.15) is 10.4 Å². The van der Waals surface area contributed by atoms with E-state index in [0.717, 1.165) is 5.75 Å². The van der Waals surface area contributed by atoms with Crippen LogP contribution >= 0.6 is 0 Å². The van der Waals surface area contributed by atoms with Crippen LogP contribution in [0.3, 0.4) is 0 Å². The Labute approximate surface area is 127 Å². The fourth-order valence-electron chi connectivity index (χ4n) is 1.77. The number of aromatic carboxylic acids is 1. The molecule has 0 unspecified atom stereocenters. The minimum atomic E-state index is -1.21. The van der Waals surface area contributed by atoms with E-state index < -0.39 is 5.97 Å². The van der Waals surface area contributed by atoms with Gasteiger partial charge in [-0.1, -0.05) is 0 Å². The number of ether oxygens (including phenoxy) is 3. The lowest BCUT2D eigenvalue weighted by atomic mass is 10.2. The number of hydrogen-bond donors (Lipinski definition) is 2. The number of hydrogen-bond acceptors (Lipinski definition) is 5.